The summed E-state index contributed by atoms with van der Waals surface area (Å²) in [6.45, 7) is 0. The van der Waals surface area contributed by atoms with E-state index in [0.29, 0.717) is 0 Å². The first-order valence-corrected chi connectivity index (χ1v) is 7.23. The number of methoxy groups -OCH3 is 2. The minimum absolute atomic E-state index is 0.0965. The molecule has 0 amide bonds. The highest BCUT2D eigenvalue weighted by Gasteiger charge is 2.28. The Balaban J connectivity index is 1.80. The van der Waals surface area contributed by atoms with E-state index in [2.05, 4.69) is 24.3 Å². The zero-order valence-electron chi connectivity index (χ0n) is 12.4. The first kappa shape index (κ1) is 14.0. The van der Waals surface area contributed by atoms with Crippen LogP contribution in [0.15, 0.2) is 48.5 Å². The van der Waals surface area contributed by atoms with Gasteiger partial charge in [-0.1, -0.05) is 30.3 Å². The monoisotopic (exact) mass is 284 g/mol. The molecule has 1 fully saturated rings. The molecule has 2 aromatic carbocycles. The molecular formula is C18H20O3. The van der Waals surface area contributed by atoms with Gasteiger partial charge in [0.25, 0.3) is 0 Å². The Morgan fingerprint density at radius 1 is 0.810 bits per heavy atom. The van der Waals surface area contributed by atoms with E-state index in [1.165, 1.54) is 5.56 Å². The molecule has 0 N–H and O–H groups in total. The van der Waals surface area contributed by atoms with Gasteiger partial charge >= 0.3 is 0 Å². The van der Waals surface area contributed by atoms with Crippen molar-refractivity contribution in [3.05, 3.63) is 59.7 Å². The van der Waals surface area contributed by atoms with Crippen molar-refractivity contribution in [2.24, 2.45) is 0 Å². The molecule has 0 aliphatic carbocycles. The number of hydrogen-bond donors (Lipinski definition) is 0. The van der Waals surface area contributed by atoms with Gasteiger partial charge < -0.3 is 14.2 Å². The highest BCUT2D eigenvalue weighted by atomic mass is 16.5. The molecule has 2 aromatic rings. The standard InChI is InChI=1S/C18H20O3/c1-19-15-10-14(11-16(12-15)20-2)18-9-8-17(21-18)13-6-4-3-5-7-13/h3-7,10-12,17-18H,8-9H2,1-2H3. The topological polar surface area (TPSA) is 27.7 Å². The molecule has 1 heterocycles. The van der Waals surface area contributed by atoms with Gasteiger partial charge in [-0.2, -0.15) is 0 Å². The van der Waals surface area contributed by atoms with Crippen LogP contribution < -0.4 is 9.47 Å². The molecule has 3 nitrogen and oxygen atoms in total. The second kappa shape index (κ2) is 6.19. The van der Waals surface area contributed by atoms with Crippen LogP contribution in [0, 0.1) is 0 Å². The number of benzene rings is 2. The second-order valence-corrected chi connectivity index (χ2v) is 5.25. The predicted molar refractivity (Wildman–Crippen MR) is 81.8 cm³/mol. The summed E-state index contributed by atoms with van der Waals surface area (Å²) in [4.78, 5) is 0. The van der Waals surface area contributed by atoms with Gasteiger partial charge in [-0.15, -0.1) is 0 Å². The van der Waals surface area contributed by atoms with Crippen molar-refractivity contribution in [3.63, 3.8) is 0 Å². The smallest absolute Gasteiger partial charge is 0.122 e. The maximum absolute atomic E-state index is 6.22. The fourth-order valence-electron chi connectivity index (χ4n) is 2.81. The van der Waals surface area contributed by atoms with Crippen LogP contribution in [-0.2, 0) is 4.74 Å². The molecule has 110 valence electrons. The molecule has 0 radical (unpaired) electrons. The van der Waals surface area contributed by atoms with Crippen molar-refractivity contribution in [2.45, 2.75) is 25.0 Å². The summed E-state index contributed by atoms with van der Waals surface area (Å²) in [7, 11) is 3.33. The predicted octanol–water partition coefficient (Wildman–Crippen LogP) is 4.30. The summed E-state index contributed by atoms with van der Waals surface area (Å²) < 4.78 is 16.9. The van der Waals surface area contributed by atoms with Gasteiger partial charge in [-0.3, -0.25) is 0 Å². The van der Waals surface area contributed by atoms with Gasteiger partial charge in [-0.05, 0) is 36.1 Å². The van der Waals surface area contributed by atoms with Crippen LogP contribution >= 0.6 is 0 Å². The van der Waals surface area contributed by atoms with Crippen LogP contribution in [0.3, 0.4) is 0 Å². The van der Waals surface area contributed by atoms with E-state index in [1.54, 1.807) is 14.2 Å². The van der Waals surface area contributed by atoms with E-state index in [1.807, 2.05) is 24.3 Å². The van der Waals surface area contributed by atoms with Gasteiger partial charge in [0.2, 0.25) is 0 Å². The molecule has 0 aromatic heterocycles. The average molecular weight is 284 g/mol. The highest BCUT2D eigenvalue weighted by Crippen LogP contribution is 2.42. The fourth-order valence-corrected chi connectivity index (χ4v) is 2.81. The Bertz CT molecular complexity index is 572. The van der Waals surface area contributed by atoms with Crippen LogP contribution in [0.25, 0.3) is 0 Å². The van der Waals surface area contributed by atoms with E-state index >= 15 is 0 Å². The van der Waals surface area contributed by atoms with Crippen LogP contribution in [0.4, 0.5) is 0 Å². The van der Waals surface area contributed by atoms with Crippen molar-refractivity contribution in [2.75, 3.05) is 14.2 Å². The Labute approximate surface area is 125 Å². The van der Waals surface area contributed by atoms with Gasteiger partial charge in [0.05, 0.1) is 26.4 Å². The van der Waals surface area contributed by atoms with E-state index in [4.69, 9.17) is 14.2 Å². The van der Waals surface area contributed by atoms with Gasteiger partial charge in [0.1, 0.15) is 11.5 Å². The lowest BCUT2D eigenvalue weighted by Gasteiger charge is -2.16. The summed E-state index contributed by atoms with van der Waals surface area (Å²) in [6, 6.07) is 16.3. The minimum atomic E-state index is 0.0965. The third-order valence-electron chi connectivity index (χ3n) is 3.94. The zero-order valence-corrected chi connectivity index (χ0v) is 12.4. The number of hydrogen-bond acceptors (Lipinski definition) is 3. The Hall–Kier alpha value is -2.00. The molecule has 1 aliphatic heterocycles. The minimum Gasteiger partial charge on any atom is -0.497 e. The molecule has 21 heavy (non-hydrogen) atoms. The number of rotatable bonds is 4. The van der Waals surface area contributed by atoms with Crippen molar-refractivity contribution in [3.8, 4) is 11.5 Å². The van der Waals surface area contributed by atoms with E-state index in [9.17, 15) is 0 Å². The summed E-state index contributed by atoms with van der Waals surface area (Å²) >= 11 is 0. The molecule has 0 spiro atoms. The lowest BCUT2D eigenvalue weighted by Crippen LogP contribution is -2.00. The maximum atomic E-state index is 6.22. The number of ether oxygens (including phenoxy) is 3. The molecule has 1 saturated heterocycles. The second-order valence-electron chi connectivity index (χ2n) is 5.25. The summed E-state index contributed by atoms with van der Waals surface area (Å²) in [5.74, 6) is 1.60. The quantitative estimate of drug-likeness (QED) is 0.838. The summed E-state index contributed by atoms with van der Waals surface area (Å²) in [5.41, 5.74) is 2.36. The third kappa shape index (κ3) is 3.03. The van der Waals surface area contributed by atoms with Crippen LogP contribution in [-0.4, -0.2) is 14.2 Å². The first-order valence-electron chi connectivity index (χ1n) is 7.23. The van der Waals surface area contributed by atoms with Crippen molar-refractivity contribution in [1.82, 2.24) is 0 Å². The van der Waals surface area contributed by atoms with Gasteiger partial charge in [0.15, 0.2) is 0 Å². The van der Waals surface area contributed by atoms with Gasteiger partial charge in [-0.25, -0.2) is 0 Å². The van der Waals surface area contributed by atoms with Crippen LogP contribution in [0.2, 0.25) is 0 Å². The van der Waals surface area contributed by atoms with E-state index in [-0.39, 0.29) is 12.2 Å². The largest absolute Gasteiger partial charge is 0.497 e. The molecule has 2 unspecified atom stereocenters. The van der Waals surface area contributed by atoms with Crippen molar-refractivity contribution in [1.29, 1.82) is 0 Å². The van der Waals surface area contributed by atoms with E-state index in [0.717, 1.165) is 29.9 Å². The molecule has 0 bridgehead atoms. The summed E-state index contributed by atoms with van der Waals surface area (Å²) in [6.07, 6.45) is 2.32. The van der Waals surface area contributed by atoms with Crippen molar-refractivity contribution < 1.29 is 14.2 Å². The molecule has 3 rings (SSSR count). The molecule has 2 atom stereocenters. The van der Waals surface area contributed by atoms with Gasteiger partial charge in [0, 0.05) is 6.07 Å². The third-order valence-corrected chi connectivity index (χ3v) is 3.94. The van der Waals surface area contributed by atoms with Crippen molar-refractivity contribution >= 4 is 0 Å². The normalized spacial score (nSPS) is 21.2. The lowest BCUT2D eigenvalue weighted by molar-refractivity contribution is 0.0438. The molecule has 3 heteroatoms. The average Bonchev–Trinajstić information content (AvgIpc) is 3.05. The maximum Gasteiger partial charge on any atom is 0.122 e. The first-order chi connectivity index (χ1) is 10.3. The Morgan fingerprint density at radius 3 is 1.95 bits per heavy atom. The fraction of sp³-hybridized carbons (Fsp3) is 0.333. The molecular weight excluding hydrogens is 264 g/mol. The zero-order chi connectivity index (χ0) is 14.7. The molecule has 0 saturated carbocycles. The van der Waals surface area contributed by atoms with Crippen LogP contribution in [0.1, 0.15) is 36.2 Å². The van der Waals surface area contributed by atoms with Crippen LogP contribution in [0.5, 0.6) is 11.5 Å². The highest BCUT2D eigenvalue weighted by molar-refractivity contribution is 5.39. The molecule has 1 aliphatic rings. The lowest BCUT2D eigenvalue weighted by atomic mass is 10.0. The Morgan fingerprint density at radius 2 is 1.38 bits per heavy atom. The Kier molecular flexibility index (Phi) is 4.11. The van der Waals surface area contributed by atoms with E-state index < -0.39 is 0 Å². The summed E-state index contributed by atoms with van der Waals surface area (Å²) in [5, 5.41) is 0. The SMILES string of the molecule is COc1cc(OC)cc(C2CCC(c3ccccc3)O2)c1.